The fourth-order valence-corrected chi connectivity index (χ4v) is 3.39. The first-order chi connectivity index (χ1) is 14.0. The number of carbonyl (C=O) groups excluding carboxylic acids is 2. The Labute approximate surface area is 195 Å². The number of carbonyl (C=O) groups is 2. The Hall–Kier alpha value is -1.76. The first kappa shape index (κ1) is 24.5. The van der Waals surface area contributed by atoms with Crippen molar-refractivity contribution in [3.8, 4) is 5.75 Å². The summed E-state index contributed by atoms with van der Waals surface area (Å²) in [6.07, 6.45) is 0. The number of hydrogen-bond acceptors (Lipinski definition) is 3. The van der Waals surface area contributed by atoms with Crippen LogP contribution in [0.15, 0.2) is 46.9 Å². The summed E-state index contributed by atoms with van der Waals surface area (Å²) in [5, 5.41) is 3.71. The number of hydrogen-bond donors (Lipinski definition) is 1. The molecular formula is C22H25BrCl2N2O3. The van der Waals surface area contributed by atoms with Crippen LogP contribution in [0, 0.1) is 0 Å². The monoisotopic (exact) mass is 514 g/mol. The van der Waals surface area contributed by atoms with Crippen molar-refractivity contribution in [1.82, 2.24) is 10.2 Å². The lowest BCUT2D eigenvalue weighted by Gasteiger charge is -2.31. The molecule has 1 atom stereocenters. The molecule has 0 spiro atoms. The van der Waals surface area contributed by atoms with Crippen LogP contribution in [0.3, 0.4) is 0 Å². The van der Waals surface area contributed by atoms with E-state index in [-0.39, 0.29) is 25.0 Å². The second-order valence-electron chi connectivity index (χ2n) is 7.93. The van der Waals surface area contributed by atoms with Gasteiger partial charge in [-0.25, -0.2) is 0 Å². The van der Waals surface area contributed by atoms with Crippen LogP contribution in [-0.2, 0) is 16.1 Å². The van der Waals surface area contributed by atoms with E-state index in [0.717, 1.165) is 10.0 Å². The summed E-state index contributed by atoms with van der Waals surface area (Å²) in [5.74, 6) is -0.220. The smallest absolute Gasteiger partial charge is 0.261 e. The third kappa shape index (κ3) is 7.49. The number of benzene rings is 2. The molecular weight excluding hydrogens is 491 g/mol. The van der Waals surface area contributed by atoms with E-state index in [1.807, 2.05) is 45.0 Å². The molecule has 8 heteroatoms. The van der Waals surface area contributed by atoms with Crippen molar-refractivity contribution in [2.75, 3.05) is 6.61 Å². The van der Waals surface area contributed by atoms with E-state index < -0.39 is 11.6 Å². The van der Waals surface area contributed by atoms with Crippen molar-refractivity contribution in [3.63, 3.8) is 0 Å². The van der Waals surface area contributed by atoms with Crippen molar-refractivity contribution in [2.45, 2.75) is 45.8 Å². The molecule has 0 radical (unpaired) electrons. The van der Waals surface area contributed by atoms with Gasteiger partial charge >= 0.3 is 0 Å². The van der Waals surface area contributed by atoms with Gasteiger partial charge in [0.05, 0.1) is 5.02 Å². The lowest BCUT2D eigenvalue weighted by molar-refractivity contribution is -0.142. The van der Waals surface area contributed by atoms with Crippen LogP contribution in [0.1, 0.15) is 33.3 Å². The molecule has 0 aromatic heterocycles. The van der Waals surface area contributed by atoms with Gasteiger partial charge in [0.25, 0.3) is 5.91 Å². The molecule has 2 aromatic rings. The Morgan fingerprint density at radius 3 is 2.33 bits per heavy atom. The lowest BCUT2D eigenvalue weighted by Crippen LogP contribution is -2.53. The number of nitrogens with one attached hydrogen (secondary N) is 1. The molecule has 1 unspecified atom stereocenters. The maximum absolute atomic E-state index is 13.0. The molecule has 2 aromatic carbocycles. The molecule has 0 fully saturated rings. The van der Waals surface area contributed by atoms with Gasteiger partial charge in [0.2, 0.25) is 5.91 Å². The van der Waals surface area contributed by atoms with Crippen LogP contribution in [0.2, 0.25) is 10.0 Å². The second-order valence-corrected chi connectivity index (χ2v) is 9.69. The van der Waals surface area contributed by atoms with Crippen LogP contribution >= 0.6 is 39.1 Å². The van der Waals surface area contributed by atoms with E-state index in [0.29, 0.717) is 15.8 Å². The average Bonchev–Trinajstić information content (AvgIpc) is 2.64. The third-order valence-corrected chi connectivity index (χ3v) is 5.24. The molecule has 0 saturated carbocycles. The Kier molecular flexibility index (Phi) is 8.59. The highest BCUT2D eigenvalue weighted by Crippen LogP contribution is 2.27. The first-order valence-electron chi connectivity index (χ1n) is 9.40. The van der Waals surface area contributed by atoms with Gasteiger partial charge in [-0.05, 0) is 63.6 Å². The van der Waals surface area contributed by atoms with Crippen LogP contribution in [0.4, 0.5) is 0 Å². The zero-order valence-corrected chi connectivity index (χ0v) is 20.4. The van der Waals surface area contributed by atoms with E-state index >= 15 is 0 Å². The highest BCUT2D eigenvalue weighted by Gasteiger charge is 2.28. The van der Waals surface area contributed by atoms with Gasteiger partial charge in [-0.2, -0.15) is 0 Å². The Morgan fingerprint density at radius 2 is 1.77 bits per heavy atom. The Bertz CT molecular complexity index is 898. The molecule has 0 saturated heterocycles. The first-order valence-corrected chi connectivity index (χ1v) is 10.9. The lowest BCUT2D eigenvalue weighted by atomic mass is 10.1. The molecule has 0 bridgehead atoms. The van der Waals surface area contributed by atoms with Gasteiger partial charge in [0.15, 0.2) is 6.61 Å². The van der Waals surface area contributed by atoms with E-state index in [2.05, 4.69) is 21.2 Å². The number of rotatable bonds is 7. The van der Waals surface area contributed by atoms with E-state index in [9.17, 15) is 9.59 Å². The Balaban J connectivity index is 2.18. The van der Waals surface area contributed by atoms with Crippen molar-refractivity contribution >= 4 is 50.9 Å². The maximum Gasteiger partial charge on any atom is 0.261 e. The van der Waals surface area contributed by atoms with Crippen molar-refractivity contribution in [3.05, 3.63) is 62.5 Å². The molecule has 162 valence electrons. The number of nitrogens with zero attached hydrogens (tertiary/aromatic N) is 1. The van der Waals surface area contributed by atoms with Crippen LogP contribution in [0.5, 0.6) is 5.75 Å². The largest absolute Gasteiger partial charge is 0.482 e. The number of halogens is 3. The average molecular weight is 516 g/mol. The molecule has 0 aliphatic carbocycles. The van der Waals surface area contributed by atoms with Gasteiger partial charge in [-0.3, -0.25) is 9.59 Å². The summed E-state index contributed by atoms with van der Waals surface area (Å²) >= 11 is 15.4. The van der Waals surface area contributed by atoms with Crippen molar-refractivity contribution in [1.29, 1.82) is 0 Å². The summed E-state index contributed by atoms with van der Waals surface area (Å²) < 4.78 is 6.53. The summed E-state index contributed by atoms with van der Waals surface area (Å²) in [5.41, 5.74) is 0.483. The topological polar surface area (TPSA) is 58.6 Å². The normalized spacial score (nSPS) is 12.2. The number of ether oxygens (including phenoxy) is 1. The minimum Gasteiger partial charge on any atom is -0.482 e. The quantitative estimate of drug-likeness (QED) is 0.532. The van der Waals surface area contributed by atoms with Gasteiger partial charge in [-0.1, -0.05) is 51.3 Å². The fraction of sp³-hybridized carbons (Fsp3) is 0.364. The zero-order valence-electron chi connectivity index (χ0n) is 17.3. The summed E-state index contributed by atoms with van der Waals surface area (Å²) in [7, 11) is 0. The minimum absolute atomic E-state index is 0.238. The Morgan fingerprint density at radius 1 is 1.13 bits per heavy atom. The highest BCUT2D eigenvalue weighted by molar-refractivity contribution is 9.10. The fourth-order valence-electron chi connectivity index (χ4n) is 2.66. The van der Waals surface area contributed by atoms with Crippen LogP contribution < -0.4 is 10.1 Å². The molecule has 5 nitrogen and oxygen atoms in total. The van der Waals surface area contributed by atoms with Crippen molar-refractivity contribution < 1.29 is 14.3 Å². The summed E-state index contributed by atoms with van der Waals surface area (Å²) in [4.78, 5) is 27.2. The second kappa shape index (κ2) is 10.5. The van der Waals surface area contributed by atoms with Crippen molar-refractivity contribution in [2.24, 2.45) is 0 Å². The predicted molar refractivity (Wildman–Crippen MR) is 124 cm³/mol. The third-order valence-electron chi connectivity index (χ3n) is 4.18. The molecule has 2 amide bonds. The molecule has 0 heterocycles. The highest BCUT2D eigenvalue weighted by atomic mass is 79.9. The zero-order chi connectivity index (χ0) is 22.5. The van der Waals surface area contributed by atoms with Gasteiger partial charge < -0.3 is 15.0 Å². The minimum atomic E-state index is -0.690. The van der Waals surface area contributed by atoms with Gasteiger partial charge in [-0.15, -0.1) is 0 Å². The van der Waals surface area contributed by atoms with Crippen LogP contribution in [-0.4, -0.2) is 34.9 Å². The molecule has 30 heavy (non-hydrogen) atoms. The standard InChI is InChI=1S/C22H25BrCl2N2O3/c1-14(21(29)26-22(2,3)4)27(12-15-5-7-16(23)8-6-15)20(28)13-30-19-10-9-17(24)11-18(19)25/h5-11,14H,12-13H2,1-4H3,(H,26,29). The molecule has 0 aliphatic rings. The van der Waals surface area contributed by atoms with E-state index in [4.69, 9.17) is 27.9 Å². The SMILES string of the molecule is CC(C(=O)NC(C)(C)C)N(Cc1ccc(Br)cc1)C(=O)COc1ccc(Cl)cc1Cl. The van der Waals surface area contributed by atoms with Gasteiger partial charge in [0, 0.05) is 21.6 Å². The molecule has 1 N–H and O–H groups in total. The summed E-state index contributed by atoms with van der Waals surface area (Å²) in [6.45, 7) is 7.39. The number of amides is 2. The predicted octanol–water partition coefficient (Wildman–Crippen LogP) is 5.47. The van der Waals surface area contributed by atoms with Gasteiger partial charge in [0.1, 0.15) is 11.8 Å². The van der Waals surface area contributed by atoms with E-state index in [1.54, 1.807) is 25.1 Å². The van der Waals surface area contributed by atoms with E-state index in [1.165, 1.54) is 4.90 Å². The molecule has 0 aliphatic heterocycles. The molecule has 2 rings (SSSR count). The summed E-state index contributed by atoms with van der Waals surface area (Å²) in [6, 6.07) is 11.7. The maximum atomic E-state index is 13.0. The van der Waals surface area contributed by atoms with Crippen LogP contribution in [0.25, 0.3) is 0 Å².